The molecule has 2 heterocycles. The van der Waals surface area contributed by atoms with Gasteiger partial charge >= 0.3 is 6.03 Å². The van der Waals surface area contributed by atoms with Gasteiger partial charge in [0.2, 0.25) is 0 Å². The number of amides is 2. The van der Waals surface area contributed by atoms with Crippen LogP contribution in [-0.4, -0.2) is 55.9 Å². The average molecular weight is 321 g/mol. The maximum absolute atomic E-state index is 13.8. The Bertz CT molecular complexity index is 540. The monoisotopic (exact) mass is 321 g/mol. The van der Waals surface area contributed by atoms with E-state index in [1.165, 1.54) is 6.07 Å². The van der Waals surface area contributed by atoms with Gasteiger partial charge in [-0.2, -0.15) is 0 Å². The minimum Gasteiger partial charge on any atom is -0.376 e. The maximum Gasteiger partial charge on any atom is 0.317 e. The Morgan fingerprint density at radius 2 is 2.04 bits per heavy atom. The maximum atomic E-state index is 13.8. The minimum absolute atomic E-state index is 0.0228. The molecule has 0 aliphatic carbocycles. The lowest BCUT2D eigenvalue weighted by Gasteiger charge is -2.37. The number of piperazine rings is 1. The lowest BCUT2D eigenvalue weighted by atomic mass is 10.1. The molecule has 2 aliphatic heterocycles. The van der Waals surface area contributed by atoms with Gasteiger partial charge in [0.15, 0.2) is 0 Å². The standard InChI is InChI=1S/C17H24FN3O2/c1-13(16-7-4-12-23-16)19-17(22)21-10-8-20(9-11-21)15-6-3-2-5-14(15)18/h2-3,5-6,13,16H,4,7-12H2,1H3,(H,19,22). The molecule has 23 heavy (non-hydrogen) atoms. The van der Waals surface area contributed by atoms with E-state index in [-0.39, 0.29) is 24.0 Å². The highest BCUT2D eigenvalue weighted by Crippen LogP contribution is 2.20. The number of carbonyl (C=O) groups excluding carboxylic acids is 1. The third-order valence-electron chi connectivity index (χ3n) is 4.63. The molecule has 126 valence electrons. The molecule has 2 aliphatic rings. The second-order valence-corrected chi connectivity index (χ2v) is 6.22. The molecule has 6 heteroatoms. The molecular weight excluding hydrogens is 297 g/mol. The summed E-state index contributed by atoms with van der Waals surface area (Å²) in [6, 6.07) is 6.74. The lowest BCUT2D eigenvalue weighted by molar-refractivity contribution is 0.0831. The molecule has 2 amide bonds. The Morgan fingerprint density at radius 1 is 1.30 bits per heavy atom. The first-order chi connectivity index (χ1) is 11.1. The Morgan fingerprint density at radius 3 is 2.70 bits per heavy atom. The smallest absolute Gasteiger partial charge is 0.317 e. The topological polar surface area (TPSA) is 44.8 Å². The second-order valence-electron chi connectivity index (χ2n) is 6.22. The molecule has 0 spiro atoms. The van der Waals surface area contributed by atoms with Crippen molar-refractivity contribution >= 4 is 11.7 Å². The summed E-state index contributed by atoms with van der Waals surface area (Å²) in [5.74, 6) is -0.211. The molecule has 0 aromatic heterocycles. The SMILES string of the molecule is CC(NC(=O)N1CCN(c2ccccc2F)CC1)C1CCCO1. The van der Waals surface area contributed by atoms with Gasteiger partial charge in [0.1, 0.15) is 5.82 Å². The predicted octanol–water partition coefficient (Wildman–Crippen LogP) is 2.22. The van der Waals surface area contributed by atoms with Crippen LogP contribution in [0.25, 0.3) is 0 Å². The molecular formula is C17H24FN3O2. The molecule has 1 N–H and O–H groups in total. The Kier molecular flexibility index (Phi) is 5.00. The van der Waals surface area contributed by atoms with Crippen molar-refractivity contribution in [3.8, 4) is 0 Å². The number of anilines is 1. The lowest BCUT2D eigenvalue weighted by Crippen LogP contribution is -2.54. The minimum atomic E-state index is -0.211. The highest BCUT2D eigenvalue weighted by Gasteiger charge is 2.27. The number of para-hydroxylation sites is 1. The summed E-state index contributed by atoms with van der Waals surface area (Å²) in [6.45, 7) is 5.25. The fourth-order valence-corrected chi connectivity index (χ4v) is 3.23. The fraction of sp³-hybridized carbons (Fsp3) is 0.588. The highest BCUT2D eigenvalue weighted by molar-refractivity contribution is 5.75. The molecule has 3 rings (SSSR count). The first-order valence-electron chi connectivity index (χ1n) is 8.31. The molecule has 2 atom stereocenters. The Hall–Kier alpha value is -1.82. The summed E-state index contributed by atoms with van der Waals surface area (Å²) < 4.78 is 19.4. The molecule has 2 fully saturated rings. The van der Waals surface area contributed by atoms with Gasteiger partial charge in [0.25, 0.3) is 0 Å². The van der Waals surface area contributed by atoms with E-state index in [2.05, 4.69) is 5.32 Å². The first kappa shape index (κ1) is 16.1. The van der Waals surface area contributed by atoms with Crippen LogP contribution in [0, 0.1) is 5.82 Å². The van der Waals surface area contributed by atoms with Gasteiger partial charge in [-0.15, -0.1) is 0 Å². The van der Waals surface area contributed by atoms with Crippen LogP contribution in [0.5, 0.6) is 0 Å². The van der Waals surface area contributed by atoms with Crippen molar-refractivity contribution in [3.63, 3.8) is 0 Å². The van der Waals surface area contributed by atoms with E-state index in [1.54, 1.807) is 17.0 Å². The van der Waals surface area contributed by atoms with Crippen molar-refractivity contribution in [2.75, 3.05) is 37.7 Å². The predicted molar refractivity (Wildman–Crippen MR) is 87.2 cm³/mol. The molecule has 5 nitrogen and oxygen atoms in total. The third-order valence-corrected chi connectivity index (χ3v) is 4.63. The number of urea groups is 1. The van der Waals surface area contributed by atoms with E-state index in [0.717, 1.165) is 19.4 Å². The number of ether oxygens (including phenoxy) is 1. The zero-order valence-electron chi connectivity index (χ0n) is 13.5. The van der Waals surface area contributed by atoms with Crippen molar-refractivity contribution in [1.29, 1.82) is 0 Å². The number of nitrogens with zero attached hydrogens (tertiary/aromatic N) is 2. The largest absolute Gasteiger partial charge is 0.376 e. The van der Waals surface area contributed by atoms with Crippen molar-refractivity contribution in [2.45, 2.75) is 31.9 Å². The van der Waals surface area contributed by atoms with Crippen LogP contribution in [0.3, 0.4) is 0 Å². The molecule has 1 aromatic carbocycles. The van der Waals surface area contributed by atoms with E-state index >= 15 is 0 Å². The fourth-order valence-electron chi connectivity index (χ4n) is 3.23. The summed E-state index contributed by atoms with van der Waals surface area (Å²) >= 11 is 0. The van der Waals surface area contributed by atoms with Crippen LogP contribution in [-0.2, 0) is 4.74 Å². The third kappa shape index (κ3) is 3.75. The van der Waals surface area contributed by atoms with Gasteiger partial charge in [-0.1, -0.05) is 12.1 Å². The number of carbonyl (C=O) groups is 1. The van der Waals surface area contributed by atoms with E-state index in [1.807, 2.05) is 17.9 Å². The van der Waals surface area contributed by atoms with Gasteiger partial charge in [-0.25, -0.2) is 9.18 Å². The number of rotatable bonds is 3. The van der Waals surface area contributed by atoms with Gasteiger partial charge < -0.3 is 19.9 Å². The molecule has 2 unspecified atom stereocenters. The van der Waals surface area contributed by atoms with Crippen molar-refractivity contribution in [1.82, 2.24) is 10.2 Å². The van der Waals surface area contributed by atoms with E-state index in [0.29, 0.717) is 31.9 Å². The Labute approximate surface area is 136 Å². The van der Waals surface area contributed by atoms with Crippen LogP contribution >= 0.6 is 0 Å². The zero-order chi connectivity index (χ0) is 16.2. The number of benzene rings is 1. The van der Waals surface area contributed by atoms with Gasteiger partial charge in [0.05, 0.1) is 17.8 Å². The van der Waals surface area contributed by atoms with Crippen molar-refractivity contribution < 1.29 is 13.9 Å². The van der Waals surface area contributed by atoms with Crippen LogP contribution in [0.1, 0.15) is 19.8 Å². The van der Waals surface area contributed by atoms with Gasteiger partial charge in [0, 0.05) is 32.8 Å². The van der Waals surface area contributed by atoms with Crippen molar-refractivity contribution in [3.05, 3.63) is 30.1 Å². The number of halogens is 1. The quantitative estimate of drug-likeness (QED) is 0.928. The molecule has 0 saturated carbocycles. The van der Waals surface area contributed by atoms with Gasteiger partial charge in [-0.05, 0) is 31.9 Å². The summed E-state index contributed by atoms with van der Waals surface area (Å²) in [7, 11) is 0. The van der Waals surface area contributed by atoms with E-state index in [9.17, 15) is 9.18 Å². The summed E-state index contributed by atoms with van der Waals surface area (Å²) in [5, 5.41) is 3.03. The number of hydrogen-bond donors (Lipinski definition) is 1. The molecule has 2 saturated heterocycles. The Balaban J connectivity index is 1.50. The normalized spacial score (nSPS) is 23.0. The van der Waals surface area contributed by atoms with Gasteiger partial charge in [-0.3, -0.25) is 0 Å². The number of nitrogens with one attached hydrogen (secondary N) is 1. The molecule has 0 bridgehead atoms. The van der Waals surface area contributed by atoms with Crippen LogP contribution in [0.4, 0.5) is 14.9 Å². The summed E-state index contributed by atoms with van der Waals surface area (Å²) in [5.41, 5.74) is 0.611. The molecule has 1 aromatic rings. The number of hydrogen-bond acceptors (Lipinski definition) is 3. The van der Waals surface area contributed by atoms with Crippen LogP contribution < -0.4 is 10.2 Å². The second kappa shape index (κ2) is 7.17. The van der Waals surface area contributed by atoms with Crippen LogP contribution in [0.2, 0.25) is 0 Å². The highest BCUT2D eigenvalue weighted by atomic mass is 19.1. The van der Waals surface area contributed by atoms with Crippen molar-refractivity contribution in [2.24, 2.45) is 0 Å². The average Bonchev–Trinajstić information content (AvgIpc) is 3.10. The van der Waals surface area contributed by atoms with E-state index < -0.39 is 0 Å². The first-order valence-corrected chi connectivity index (χ1v) is 8.31. The molecule has 0 radical (unpaired) electrons. The summed E-state index contributed by atoms with van der Waals surface area (Å²) in [4.78, 5) is 16.1. The summed E-state index contributed by atoms with van der Waals surface area (Å²) in [6.07, 6.45) is 2.19. The van der Waals surface area contributed by atoms with Crippen LogP contribution in [0.15, 0.2) is 24.3 Å². The zero-order valence-corrected chi connectivity index (χ0v) is 13.5. The van der Waals surface area contributed by atoms with E-state index in [4.69, 9.17) is 4.74 Å².